The number of carbonyl (C=O) groups excluding carboxylic acids is 1. The molecule has 2 rings (SSSR count). The van der Waals surface area contributed by atoms with E-state index in [-0.39, 0.29) is 17.9 Å². The van der Waals surface area contributed by atoms with Gasteiger partial charge in [-0.25, -0.2) is 0 Å². The van der Waals surface area contributed by atoms with Crippen molar-refractivity contribution in [2.24, 2.45) is 5.73 Å². The van der Waals surface area contributed by atoms with Crippen molar-refractivity contribution < 1.29 is 22.5 Å². The number of aliphatic hydroxyl groups is 1. The zero-order valence-corrected chi connectivity index (χ0v) is 15.9. The Morgan fingerprint density at radius 3 is 2.22 bits per heavy atom. The van der Waals surface area contributed by atoms with Crippen LogP contribution in [0.3, 0.4) is 0 Å². The van der Waals surface area contributed by atoms with Gasteiger partial charge in [-0.15, -0.1) is 0 Å². The Morgan fingerprint density at radius 1 is 0.963 bits per heavy atom. The van der Waals surface area contributed by atoms with Crippen molar-refractivity contribution in [1.29, 1.82) is 0 Å². The fourth-order valence-corrected chi connectivity index (χ4v) is 3.56. The van der Waals surface area contributed by atoms with Crippen molar-refractivity contribution in [3.05, 3.63) is 54.6 Å². The molecule has 0 saturated heterocycles. The van der Waals surface area contributed by atoms with Crippen LogP contribution < -0.4 is 5.73 Å². The molecule has 1 amide bonds. The highest BCUT2D eigenvalue weighted by atomic mass is 32.2. The largest absolute Gasteiger partial charge is 0.393 e. The topological polar surface area (TPSA) is 107 Å². The molecule has 2 aromatic carbocycles. The fraction of sp³-hybridized carbons (Fsp3) is 0.350. The molecule has 7 heteroatoms. The van der Waals surface area contributed by atoms with E-state index in [0.717, 1.165) is 11.1 Å². The smallest absolute Gasteiger partial charge is 0.296 e. The van der Waals surface area contributed by atoms with Crippen LogP contribution in [-0.4, -0.2) is 32.1 Å². The molecule has 3 N–H and O–H groups in total. The van der Waals surface area contributed by atoms with Crippen LogP contribution in [0.5, 0.6) is 0 Å². The maximum atomic E-state index is 12.2. The third kappa shape index (κ3) is 7.13. The first-order valence-electron chi connectivity index (χ1n) is 8.90. The van der Waals surface area contributed by atoms with E-state index >= 15 is 0 Å². The Morgan fingerprint density at radius 2 is 1.59 bits per heavy atom. The lowest BCUT2D eigenvalue weighted by molar-refractivity contribution is -0.118. The van der Waals surface area contributed by atoms with E-state index in [4.69, 9.17) is 9.92 Å². The van der Waals surface area contributed by atoms with Crippen molar-refractivity contribution in [2.75, 3.05) is 6.61 Å². The highest BCUT2D eigenvalue weighted by Crippen LogP contribution is 2.22. The van der Waals surface area contributed by atoms with Crippen LogP contribution in [0.2, 0.25) is 0 Å². The summed E-state index contributed by atoms with van der Waals surface area (Å²) in [6, 6.07) is 16.3. The number of amides is 1. The minimum absolute atomic E-state index is 0.0469. The fourth-order valence-electron chi connectivity index (χ4n) is 2.62. The van der Waals surface area contributed by atoms with Crippen LogP contribution in [0, 0.1) is 0 Å². The Kier molecular flexibility index (Phi) is 7.97. The maximum absolute atomic E-state index is 12.2. The van der Waals surface area contributed by atoms with Gasteiger partial charge < -0.3 is 10.8 Å². The number of rotatable bonds is 11. The van der Waals surface area contributed by atoms with Crippen molar-refractivity contribution in [3.8, 4) is 11.1 Å². The van der Waals surface area contributed by atoms with Gasteiger partial charge in [-0.05, 0) is 48.9 Å². The molecule has 0 aliphatic carbocycles. The van der Waals surface area contributed by atoms with Crippen LogP contribution in [-0.2, 0) is 19.1 Å². The van der Waals surface area contributed by atoms with Gasteiger partial charge in [0.25, 0.3) is 10.1 Å². The first-order chi connectivity index (χ1) is 12.9. The molecule has 27 heavy (non-hydrogen) atoms. The molecule has 2 aromatic rings. The molecule has 0 saturated carbocycles. The van der Waals surface area contributed by atoms with E-state index in [1.807, 2.05) is 30.3 Å². The van der Waals surface area contributed by atoms with Gasteiger partial charge in [0.05, 0.1) is 17.6 Å². The van der Waals surface area contributed by atoms with Gasteiger partial charge in [0, 0.05) is 6.42 Å². The van der Waals surface area contributed by atoms with Crippen LogP contribution in [0.15, 0.2) is 59.5 Å². The maximum Gasteiger partial charge on any atom is 0.296 e. The predicted octanol–water partition coefficient (Wildman–Crippen LogP) is 2.86. The molecule has 0 aromatic heterocycles. The summed E-state index contributed by atoms with van der Waals surface area (Å²) < 4.78 is 29.5. The molecular weight excluding hydrogens is 366 g/mol. The number of hydrogen-bond donors (Lipinski definition) is 2. The molecule has 0 aliphatic rings. The Bertz CT molecular complexity index is 819. The number of benzene rings is 2. The lowest BCUT2D eigenvalue weighted by Crippen LogP contribution is -2.15. The molecule has 1 atom stereocenters. The van der Waals surface area contributed by atoms with E-state index in [1.165, 1.54) is 12.1 Å². The Labute approximate surface area is 160 Å². The minimum atomic E-state index is -3.81. The first-order valence-corrected chi connectivity index (χ1v) is 10.3. The summed E-state index contributed by atoms with van der Waals surface area (Å²) in [6.45, 7) is 0.0469. The average Bonchev–Trinajstić information content (AvgIpc) is 2.67. The summed E-state index contributed by atoms with van der Waals surface area (Å²) in [6.07, 6.45) is 1.42. The normalized spacial score (nSPS) is 12.6. The summed E-state index contributed by atoms with van der Waals surface area (Å²) in [5.74, 6) is -0.443. The molecule has 0 radical (unpaired) electrons. The number of aliphatic hydroxyl groups excluding tert-OH is 1. The summed E-state index contributed by atoms with van der Waals surface area (Å²) in [5.41, 5.74) is 6.97. The van der Waals surface area contributed by atoms with Crippen LogP contribution >= 0.6 is 0 Å². The number of carbonyl (C=O) groups is 1. The second-order valence-corrected chi connectivity index (χ2v) is 7.94. The summed E-state index contributed by atoms with van der Waals surface area (Å²) in [4.78, 5) is 10.8. The summed E-state index contributed by atoms with van der Waals surface area (Å²) in [5, 5.41) is 9.69. The van der Waals surface area contributed by atoms with Crippen molar-refractivity contribution in [3.63, 3.8) is 0 Å². The molecular formula is C20H25NO5S. The third-order valence-corrected chi connectivity index (χ3v) is 5.47. The zero-order chi connectivity index (χ0) is 19.7. The van der Waals surface area contributed by atoms with E-state index in [1.54, 1.807) is 12.1 Å². The van der Waals surface area contributed by atoms with Gasteiger partial charge in [0.1, 0.15) is 0 Å². The number of nitrogens with two attached hydrogens (primary N) is 1. The van der Waals surface area contributed by atoms with Crippen LogP contribution in [0.1, 0.15) is 32.1 Å². The van der Waals surface area contributed by atoms with E-state index in [2.05, 4.69) is 0 Å². The molecule has 146 valence electrons. The van der Waals surface area contributed by atoms with Gasteiger partial charge in [0.15, 0.2) is 0 Å². The average molecular weight is 391 g/mol. The second-order valence-electron chi connectivity index (χ2n) is 6.32. The summed E-state index contributed by atoms with van der Waals surface area (Å²) >= 11 is 0. The molecule has 0 spiro atoms. The Hall–Kier alpha value is -2.22. The van der Waals surface area contributed by atoms with Crippen molar-refractivity contribution >= 4 is 16.0 Å². The molecule has 0 heterocycles. The van der Waals surface area contributed by atoms with Crippen LogP contribution in [0.25, 0.3) is 11.1 Å². The van der Waals surface area contributed by atoms with Gasteiger partial charge >= 0.3 is 0 Å². The van der Waals surface area contributed by atoms with Gasteiger partial charge in [-0.2, -0.15) is 8.42 Å². The predicted molar refractivity (Wildman–Crippen MR) is 103 cm³/mol. The second kappa shape index (κ2) is 10.2. The molecule has 0 fully saturated rings. The Balaban J connectivity index is 1.78. The molecule has 1 unspecified atom stereocenters. The van der Waals surface area contributed by atoms with Gasteiger partial charge in [-0.3, -0.25) is 8.98 Å². The van der Waals surface area contributed by atoms with Crippen LogP contribution in [0.4, 0.5) is 0 Å². The lowest BCUT2D eigenvalue weighted by atomic mass is 10.1. The van der Waals surface area contributed by atoms with E-state index in [0.29, 0.717) is 25.7 Å². The van der Waals surface area contributed by atoms with Gasteiger partial charge in [-0.1, -0.05) is 42.5 Å². The van der Waals surface area contributed by atoms with Gasteiger partial charge in [0.2, 0.25) is 5.91 Å². The van der Waals surface area contributed by atoms with E-state index < -0.39 is 22.1 Å². The molecule has 0 bridgehead atoms. The lowest BCUT2D eigenvalue weighted by Gasteiger charge is -2.10. The standard InChI is InChI=1S/C20H25NO5S/c21-20(23)14-11-18(22)8-4-5-15-26-27(24,25)19-12-9-17(10-13-19)16-6-2-1-3-7-16/h1-3,6-7,9-10,12-13,18,22H,4-5,8,11,14-15H2,(H2,21,23). The number of hydrogen-bond acceptors (Lipinski definition) is 5. The monoisotopic (exact) mass is 391 g/mol. The number of primary amides is 1. The van der Waals surface area contributed by atoms with Crippen molar-refractivity contribution in [1.82, 2.24) is 0 Å². The number of unbranched alkanes of at least 4 members (excludes halogenated alkanes) is 1. The SMILES string of the molecule is NC(=O)CCC(O)CCCCOS(=O)(=O)c1ccc(-c2ccccc2)cc1. The van der Waals surface area contributed by atoms with E-state index in [9.17, 15) is 18.3 Å². The minimum Gasteiger partial charge on any atom is -0.393 e. The third-order valence-electron chi connectivity index (χ3n) is 4.14. The zero-order valence-electron chi connectivity index (χ0n) is 15.1. The highest BCUT2D eigenvalue weighted by Gasteiger charge is 2.15. The summed E-state index contributed by atoms with van der Waals surface area (Å²) in [7, 11) is -3.81. The molecule has 6 nitrogen and oxygen atoms in total. The quantitative estimate of drug-likeness (QED) is 0.452. The first kappa shape index (κ1) is 21.1. The molecule has 0 aliphatic heterocycles. The van der Waals surface area contributed by atoms with Crippen molar-refractivity contribution in [2.45, 2.75) is 43.1 Å². The highest BCUT2D eigenvalue weighted by molar-refractivity contribution is 7.86.